The predicted molar refractivity (Wildman–Crippen MR) is 102 cm³/mol. The number of halogens is 1. The van der Waals surface area contributed by atoms with Gasteiger partial charge in [-0.1, -0.05) is 23.7 Å². The molecule has 0 aromatic heterocycles. The van der Waals surface area contributed by atoms with Crippen LogP contribution in [0.15, 0.2) is 48.5 Å². The number of rotatable bonds is 9. The van der Waals surface area contributed by atoms with E-state index in [2.05, 4.69) is 5.32 Å². The van der Waals surface area contributed by atoms with E-state index < -0.39 is 18.3 Å². The number of hydrogen-bond acceptors (Lipinski definition) is 6. The molecule has 2 aromatic carbocycles. The lowest BCUT2D eigenvalue weighted by Crippen LogP contribution is -2.15. The molecule has 0 radical (unpaired) electrons. The zero-order valence-electron chi connectivity index (χ0n) is 14.4. The number of nitro benzene ring substituents is 1. The van der Waals surface area contributed by atoms with Crippen molar-refractivity contribution in [3.63, 3.8) is 0 Å². The molecule has 0 aliphatic carbocycles. The van der Waals surface area contributed by atoms with Crippen molar-refractivity contribution in [2.45, 2.75) is 19.6 Å². The van der Waals surface area contributed by atoms with Crippen molar-refractivity contribution in [2.24, 2.45) is 0 Å². The van der Waals surface area contributed by atoms with Gasteiger partial charge in [0.2, 0.25) is 0 Å². The zero-order chi connectivity index (χ0) is 19.2. The van der Waals surface area contributed by atoms with Crippen molar-refractivity contribution in [2.75, 3.05) is 18.5 Å². The van der Waals surface area contributed by atoms with E-state index in [1.165, 1.54) is 12.1 Å². The molecule has 9 heteroatoms. The number of anilines is 1. The van der Waals surface area contributed by atoms with Crippen molar-refractivity contribution in [1.29, 1.82) is 0 Å². The second-order valence-corrected chi connectivity index (χ2v) is 7.83. The molecule has 140 valence electrons. The molecular weight excluding hydrogens is 379 g/mol. The molecule has 0 spiro atoms. The first-order valence-corrected chi connectivity index (χ1v) is 10.0. The topological polar surface area (TPSA) is 90.7 Å². The van der Waals surface area contributed by atoms with Gasteiger partial charge in [0.25, 0.3) is 5.69 Å². The smallest absolute Gasteiger partial charge is 0.357 e. The second kappa shape index (κ2) is 9.14. The van der Waals surface area contributed by atoms with Gasteiger partial charge in [-0.2, -0.15) is 0 Å². The van der Waals surface area contributed by atoms with Crippen LogP contribution in [0.5, 0.6) is 0 Å². The van der Waals surface area contributed by atoms with Crippen LogP contribution >= 0.6 is 19.2 Å². The van der Waals surface area contributed by atoms with Gasteiger partial charge < -0.3 is 14.4 Å². The minimum absolute atomic E-state index is 0.0311. The van der Waals surface area contributed by atoms with Gasteiger partial charge in [0.05, 0.1) is 18.1 Å². The first kappa shape index (κ1) is 20.4. The summed E-state index contributed by atoms with van der Waals surface area (Å²) in [6, 6.07) is 12.7. The lowest BCUT2D eigenvalue weighted by atomic mass is 10.2. The van der Waals surface area contributed by atoms with Crippen molar-refractivity contribution in [3.8, 4) is 0 Å². The van der Waals surface area contributed by atoms with Gasteiger partial charge in [0.1, 0.15) is 0 Å². The molecule has 7 nitrogen and oxygen atoms in total. The number of benzene rings is 2. The summed E-state index contributed by atoms with van der Waals surface area (Å²) in [5.74, 6) is -0.791. The molecule has 0 unspecified atom stereocenters. The molecule has 0 saturated heterocycles. The molecule has 0 saturated carbocycles. The Hall–Kier alpha value is -1.92. The highest BCUT2D eigenvalue weighted by Crippen LogP contribution is 2.60. The van der Waals surface area contributed by atoms with Crippen molar-refractivity contribution >= 4 is 30.6 Å². The molecule has 0 aliphatic heterocycles. The molecule has 0 fully saturated rings. The summed E-state index contributed by atoms with van der Waals surface area (Å²) in [5.41, 5.74) is 1.18. The fourth-order valence-electron chi connectivity index (χ4n) is 2.37. The number of hydrogen-bond donors (Lipinski definition) is 1. The van der Waals surface area contributed by atoms with Gasteiger partial charge in [0, 0.05) is 22.8 Å². The standard InChI is InChI=1S/C17H20ClN2O5P/c1-3-24-26(23,25-4-2)17(13-5-7-14(18)8-6-13)19-15-9-11-16(12-10-15)20(21)22/h5-12,17,19H,3-4H2,1-2H3/t17-/m0/s1. The molecule has 2 aromatic rings. The van der Waals surface area contributed by atoms with E-state index in [1.807, 2.05) is 0 Å². The van der Waals surface area contributed by atoms with Crippen LogP contribution < -0.4 is 5.32 Å². The number of non-ortho nitro benzene ring substituents is 1. The molecule has 0 amide bonds. The highest BCUT2D eigenvalue weighted by molar-refractivity contribution is 7.54. The van der Waals surface area contributed by atoms with Crippen LogP contribution in [0, 0.1) is 10.1 Å². The van der Waals surface area contributed by atoms with Crippen LogP contribution in [0.3, 0.4) is 0 Å². The van der Waals surface area contributed by atoms with Crippen molar-refractivity contribution in [3.05, 3.63) is 69.2 Å². The molecule has 0 aliphatic rings. The Balaban J connectivity index is 2.40. The monoisotopic (exact) mass is 398 g/mol. The molecule has 0 bridgehead atoms. The summed E-state index contributed by atoms with van der Waals surface area (Å²) in [6.45, 7) is 3.89. The summed E-state index contributed by atoms with van der Waals surface area (Å²) in [4.78, 5) is 10.3. The van der Waals surface area contributed by atoms with Crippen molar-refractivity contribution in [1.82, 2.24) is 0 Å². The van der Waals surface area contributed by atoms with Gasteiger partial charge in [0.15, 0.2) is 5.78 Å². The van der Waals surface area contributed by atoms with E-state index in [0.29, 0.717) is 16.3 Å². The van der Waals surface area contributed by atoms with Crippen LogP contribution in [0.25, 0.3) is 0 Å². The zero-order valence-corrected chi connectivity index (χ0v) is 16.1. The van der Waals surface area contributed by atoms with Gasteiger partial charge >= 0.3 is 7.60 Å². The van der Waals surface area contributed by atoms with Crippen LogP contribution in [-0.4, -0.2) is 18.1 Å². The first-order chi connectivity index (χ1) is 12.4. The molecular formula is C17H20ClN2O5P. The van der Waals surface area contributed by atoms with Crippen LogP contribution in [-0.2, 0) is 13.6 Å². The summed E-state index contributed by atoms with van der Waals surface area (Å²) in [7, 11) is -3.55. The van der Waals surface area contributed by atoms with Crippen molar-refractivity contribution < 1.29 is 18.5 Å². The Kier molecular flexibility index (Phi) is 7.17. The van der Waals surface area contributed by atoms with Crippen LogP contribution in [0.1, 0.15) is 25.2 Å². The van der Waals surface area contributed by atoms with Gasteiger partial charge in [-0.25, -0.2) is 0 Å². The minimum Gasteiger partial charge on any atom is -0.368 e. The Morgan fingerprint density at radius 3 is 2.08 bits per heavy atom. The third kappa shape index (κ3) is 5.05. The highest BCUT2D eigenvalue weighted by atomic mass is 35.5. The quantitative estimate of drug-likeness (QED) is 0.334. The van der Waals surface area contributed by atoms with E-state index >= 15 is 0 Å². The second-order valence-electron chi connectivity index (χ2n) is 5.28. The van der Waals surface area contributed by atoms with E-state index in [4.69, 9.17) is 20.6 Å². The maximum atomic E-state index is 13.3. The normalized spacial score (nSPS) is 12.6. The third-order valence-electron chi connectivity index (χ3n) is 3.50. The Morgan fingerprint density at radius 1 is 1.08 bits per heavy atom. The first-order valence-electron chi connectivity index (χ1n) is 8.05. The molecule has 1 N–H and O–H groups in total. The largest absolute Gasteiger partial charge is 0.368 e. The van der Waals surface area contributed by atoms with Crippen LogP contribution in [0.4, 0.5) is 11.4 Å². The van der Waals surface area contributed by atoms with Gasteiger partial charge in [-0.3, -0.25) is 14.7 Å². The fourth-order valence-corrected chi connectivity index (χ4v) is 4.44. The average molecular weight is 399 g/mol. The van der Waals surface area contributed by atoms with Crippen LogP contribution in [0.2, 0.25) is 5.02 Å². The van der Waals surface area contributed by atoms with Gasteiger partial charge in [-0.05, 0) is 43.7 Å². The number of nitro groups is 1. The molecule has 1 atom stereocenters. The SMILES string of the molecule is CCOP(=O)(OCC)[C@H](Nc1ccc([N+](=O)[O-])cc1)c1ccc(Cl)cc1. The predicted octanol–water partition coefficient (Wildman–Crippen LogP) is 5.63. The maximum absolute atomic E-state index is 13.3. The lowest BCUT2D eigenvalue weighted by Gasteiger charge is -2.28. The molecule has 26 heavy (non-hydrogen) atoms. The van der Waals surface area contributed by atoms with Gasteiger partial charge in [-0.15, -0.1) is 0 Å². The summed E-state index contributed by atoms with van der Waals surface area (Å²) in [5, 5.41) is 14.5. The molecule has 0 heterocycles. The Bertz CT molecular complexity index is 773. The molecule has 2 rings (SSSR count). The maximum Gasteiger partial charge on any atom is 0.357 e. The highest BCUT2D eigenvalue weighted by Gasteiger charge is 2.37. The lowest BCUT2D eigenvalue weighted by molar-refractivity contribution is -0.384. The van der Waals surface area contributed by atoms with E-state index in [-0.39, 0.29) is 18.9 Å². The minimum atomic E-state index is -3.55. The Morgan fingerprint density at radius 2 is 1.62 bits per heavy atom. The third-order valence-corrected chi connectivity index (χ3v) is 6.05. The summed E-state index contributed by atoms with van der Waals surface area (Å²) >= 11 is 5.94. The summed E-state index contributed by atoms with van der Waals surface area (Å²) < 4.78 is 24.3. The van der Waals surface area contributed by atoms with E-state index in [0.717, 1.165) is 0 Å². The van der Waals surface area contributed by atoms with E-state index in [9.17, 15) is 14.7 Å². The summed E-state index contributed by atoms with van der Waals surface area (Å²) in [6.07, 6.45) is 0. The number of nitrogens with zero attached hydrogens (tertiary/aromatic N) is 1. The fraction of sp³-hybridized carbons (Fsp3) is 0.294. The Labute approximate surface area is 157 Å². The van der Waals surface area contributed by atoms with E-state index in [1.54, 1.807) is 50.2 Å². The average Bonchev–Trinajstić information content (AvgIpc) is 2.61. The number of nitrogens with one attached hydrogen (secondary N) is 1.